The summed E-state index contributed by atoms with van der Waals surface area (Å²) in [5.74, 6) is 0. The van der Waals surface area contributed by atoms with Gasteiger partial charge in [-0.2, -0.15) is 0 Å². The summed E-state index contributed by atoms with van der Waals surface area (Å²) in [6.07, 6.45) is 3.16. The van der Waals surface area contributed by atoms with Crippen molar-refractivity contribution in [2.24, 2.45) is 0 Å². The Hall–Kier alpha value is -1.49. The molecule has 0 unspecified atom stereocenters. The third-order valence-electron chi connectivity index (χ3n) is 1.85. The fourth-order valence-electron chi connectivity index (χ4n) is 1.26. The summed E-state index contributed by atoms with van der Waals surface area (Å²) >= 11 is 0. The van der Waals surface area contributed by atoms with Crippen molar-refractivity contribution in [3.63, 3.8) is 0 Å². The first-order valence-corrected chi connectivity index (χ1v) is 3.76. The van der Waals surface area contributed by atoms with Crippen LogP contribution >= 0.6 is 17.0 Å². The minimum absolute atomic E-state index is 0. The Morgan fingerprint density at radius 3 is 2.79 bits per heavy atom. The first-order chi connectivity index (χ1) is 6.29. The van der Waals surface area contributed by atoms with Crippen molar-refractivity contribution >= 4 is 33.4 Å². The van der Waals surface area contributed by atoms with E-state index in [1.54, 1.807) is 30.6 Å². The SMILES string of the molecule is Br.O=[N+]([O-])c1cccc2cnccc12. The Balaban J connectivity index is 0.000000980. The fraction of sp³-hybridized carbons (Fsp3) is 0. The summed E-state index contributed by atoms with van der Waals surface area (Å²) in [5, 5.41) is 12.0. The van der Waals surface area contributed by atoms with E-state index >= 15 is 0 Å². The largest absolute Gasteiger partial charge is 0.277 e. The molecule has 0 amide bonds. The van der Waals surface area contributed by atoms with Crippen LogP contribution in [0.15, 0.2) is 36.7 Å². The first kappa shape index (κ1) is 10.6. The zero-order chi connectivity index (χ0) is 9.26. The van der Waals surface area contributed by atoms with Crippen molar-refractivity contribution in [2.45, 2.75) is 0 Å². The monoisotopic (exact) mass is 254 g/mol. The smallest absolute Gasteiger partial charge is 0.264 e. The van der Waals surface area contributed by atoms with Gasteiger partial charge in [-0.05, 0) is 6.07 Å². The second-order valence-electron chi connectivity index (χ2n) is 2.63. The number of fused-ring (bicyclic) bond motifs is 1. The molecule has 0 spiro atoms. The number of aromatic nitrogens is 1. The van der Waals surface area contributed by atoms with Crippen LogP contribution in [-0.2, 0) is 0 Å². The number of pyridine rings is 1. The Morgan fingerprint density at radius 2 is 2.07 bits per heavy atom. The van der Waals surface area contributed by atoms with Gasteiger partial charge in [-0.3, -0.25) is 15.1 Å². The summed E-state index contributed by atoms with van der Waals surface area (Å²) in [7, 11) is 0. The molecule has 0 N–H and O–H groups in total. The third kappa shape index (κ3) is 1.72. The molecule has 0 saturated heterocycles. The van der Waals surface area contributed by atoms with Crippen LogP contribution in [0, 0.1) is 10.1 Å². The van der Waals surface area contributed by atoms with Crippen molar-refractivity contribution in [2.75, 3.05) is 0 Å². The van der Waals surface area contributed by atoms with Crippen LogP contribution in [0.5, 0.6) is 0 Å². The van der Waals surface area contributed by atoms with Crippen molar-refractivity contribution in [3.05, 3.63) is 46.8 Å². The lowest BCUT2D eigenvalue weighted by molar-refractivity contribution is -0.383. The van der Waals surface area contributed by atoms with Gasteiger partial charge < -0.3 is 0 Å². The van der Waals surface area contributed by atoms with Gasteiger partial charge >= 0.3 is 0 Å². The molecule has 0 saturated carbocycles. The summed E-state index contributed by atoms with van der Waals surface area (Å²) < 4.78 is 0. The van der Waals surface area contributed by atoms with Crippen LogP contribution in [0.3, 0.4) is 0 Å². The number of nitro benzene ring substituents is 1. The van der Waals surface area contributed by atoms with Crippen LogP contribution in [-0.4, -0.2) is 9.91 Å². The normalized spacial score (nSPS) is 9.43. The highest BCUT2D eigenvalue weighted by Gasteiger charge is 2.09. The van der Waals surface area contributed by atoms with Crippen molar-refractivity contribution < 1.29 is 4.92 Å². The summed E-state index contributed by atoms with van der Waals surface area (Å²) in [5.41, 5.74) is 0.125. The molecule has 0 bridgehead atoms. The lowest BCUT2D eigenvalue weighted by atomic mass is 10.1. The van der Waals surface area contributed by atoms with Crippen LogP contribution in [0.25, 0.3) is 10.8 Å². The van der Waals surface area contributed by atoms with Crippen molar-refractivity contribution in [1.29, 1.82) is 0 Å². The predicted octanol–water partition coefficient (Wildman–Crippen LogP) is 2.72. The molecule has 1 aromatic heterocycles. The highest BCUT2D eigenvalue weighted by molar-refractivity contribution is 8.93. The molecular formula is C9H7BrN2O2. The molecule has 2 rings (SSSR count). The Kier molecular flexibility index (Phi) is 3.14. The molecule has 72 valence electrons. The Morgan fingerprint density at radius 1 is 1.29 bits per heavy atom. The summed E-state index contributed by atoms with van der Waals surface area (Å²) in [4.78, 5) is 14.1. The van der Waals surface area contributed by atoms with Crippen LogP contribution < -0.4 is 0 Å². The Labute approximate surface area is 90.5 Å². The van der Waals surface area contributed by atoms with Crippen LogP contribution in [0.4, 0.5) is 5.69 Å². The van der Waals surface area contributed by atoms with Crippen molar-refractivity contribution in [1.82, 2.24) is 4.98 Å². The molecule has 0 aliphatic heterocycles. The van der Waals surface area contributed by atoms with Crippen LogP contribution in [0.2, 0.25) is 0 Å². The van der Waals surface area contributed by atoms with Crippen LogP contribution in [0.1, 0.15) is 0 Å². The third-order valence-corrected chi connectivity index (χ3v) is 1.85. The fourth-order valence-corrected chi connectivity index (χ4v) is 1.26. The Bertz CT molecular complexity index is 468. The minimum atomic E-state index is -0.387. The number of rotatable bonds is 1. The van der Waals surface area contributed by atoms with Gasteiger partial charge in [-0.1, -0.05) is 12.1 Å². The molecule has 0 fully saturated rings. The van der Waals surface area contributed by atoms with E-state index in [0.717, 1.165) is 5.39 Å². The van der Waals surface area contributed by atoms with E-state index in [4.69, 9.17) is 0 Å². The second kappa shape index (κ2) is 4.15. The number of hydrogen-bond acceptors (Lipinski definition) is 3. The first-order valence-electron chi connectivity index (χ1n) is 3.76. The zero-order valence-electron chi connectivity index (χ0n) is 7.08. The van der Waals surface area contributed by atoms with Gasteiger partial charge in [0.15, 0.2) is 0 Å². The van der Waals surface area contributed by atoms with Gasteiger partial charge in [-0.25, -0.2) is 0 Å². The molecular weight excluding hydrogens is 248 g/mol. The van der Waals surface area contributed by atoms with E-state index in [0.29, 0.717) is 5.39 Å². The number of halogens is 1. The molecule has 14 heavy (non-hydrogen) atoms. The second-order valence-corrected chi connectivity index (χ2v) is 2.63. The quantitative estimate of drug-likeness (QED) is 0.581. The lowest BCUT2D eigenvalue weighted by Gasteiger charge is -1.96. The number of nitrogens with zero attached hydrogens (tertiary/aromatic N) is 2. The van der Waals surface area contributed by atoms with Gasteiger partial charge in [0.25, 0.3) is 5.69 Å². The van der Waals surface area contributed by atoms with E-state index < -0.39 is 0 Å². The maximum absolute atomic E-state index is 10.6. The van der Waals surface area contributed by atoms with Gasteiger partial charge in [0.2, 0.25) is 0 Å². The average Bonchev–Trinajstić information content (AvgIpc) is 2.17. The van der Waals surface area contributed by atoms with E-state index in [-0.39, 0.29) is 27.6 Å². The maximum Gasteiger partial charge on any atom is 0.277 e. The van der Waals surface area contributed by atoms with E-state index in [1.807, 2.05) is 0 Å². The molecule has 5 heteroatoms. The molecule has 4 nitrogen and oxygen atoms in total. The predicted molar refractivity (Wildman–Crippen MR) is 58.7 cm³/mol. The van der Waals surface area contributed by atoms with E-state index in [9.17, 15) is 10.1 Å². The highest BCUT2D eigenvalue weighted by atomic mass is 79.9. The number of nitro groups is 1. The molecule has 0 radical (unpaired) electrons. The molecule has 1 heterocycles. The van der Waals surface area contributed by atoms with E-state index in [1.165, 1.54) is 6.07 Å². The minimum Gasteiger partial charge on any atom is -0.264 e. The number of non-ortho nitro benzene ring substituents is 1. The van der Waals surface area contributed by atoms with E-state index in [2.05, 4.69) is 4.98 Å². The maximum atomic E-state index is 10.6. The molecule has 1 aromatic carbocycles. The summed E-state index contributed by atoms with van der Waals surface area (Å²) in [6.45, 7) is 0. The van der Waals surface area contributed by atoms with Gasteiger partial charge in [0, 0.05) is 23.8 Å². The lowest BCUT2D eigenvalue weighted by Crippen LogP contribution is -1.88. The molecule has 0 aliphatic carbocycles. The van der Waals surface area contributed by atoms with Gasteiger partial charge in [0.1, 0.15) is 0 Å². The van der Waals surface area contributed by atoms with Gasteiger partial charge in [0.05, 0.1) is 10.3 Å². The standard InChI is InChI=1S/C9H6N2O2.BrH/c12-11(13)9-3-1-2-7-6-10-5-4-8(7)9;/h1-6H;1H. The molecule has 0 atom stereocenters. The molecule has 0 aliphatic rings. The number of hydrogen-bond donors (Lipinski definition) is 0. The zero-order valence-corrected chi connectivity index (χ0v) is 8.80. The topological polar surface area (TPSA) is 56.0 Å². The van der Waals surface area contributed by atoms with Gasteiger partial charge in [-0.15, -0.1) is 17.0 Å². The summed E-state index contributed by atoms with van der Waals surface area (Å²) in [6, 6.07) is 6.59. The average molecular weight is 255 g/mol. The van der Waals surface area contributed by atoms with Crippen molar-refractivity contribution in [3.8, 4) is 0 Å². The highest BCUT2D eigenvalue weighted by Crippen LogP contribution is 2.23. The number of benzene rings is 1. The molecule has 2 aromatic rings.